The van der Waals surface area contributed by atoms with E-state index in [4.69, 9.17) is 16.7 Å². The summed E-state index contributed by atoms with van der Waals surface area (Å²) in [5.41, 5.74) is 0.602. The molecule has 0 amide bonds. The molecular weight excluding hydrogens is 233 g/mol. The molecule has 16 heavy (non-hydrogen) atoms. The van der Waals surface area contributed by atoms with E-state index in [9.17, 15) is 9.18 Å². The van der Waals surface area contributed by atoms with Crippen molar-refractivity contribution in [2.45, 2.75) is 13.5 Å². The molecule has 0 unspecified atom stereocenters. The topological polar surface area (TPSA) is 40.5 Å². The van der Waals surface area contributed by atoms with Gasteiger partial charge in [-0.05, 0) is 30.3 Å². The Bertz CT molecular complexity index is 384. The SMILES string of the molecule is CCN(CC(=O)O)Cc1cc(F)ccc1Cl. The molecule has 0 heterocycles. The fourth-order valence-corrected chi connectivity index (χ4v) is 1.55. The van der Waals surface area contributed by atoms with Crippen LogP contribution >= 0.6 is 11.6 Å². The van der Waals surface area contributed by atoms with E-state index >= 15 is 0 Å². The third-order valence-electron chi connectivity index (χ3n) is 2.21. The van der Waals surface area contributed by atoms with Gasteiger partial charge >= 0.3 is 5.97 Å². The standard InChI is InChI=1S/C11H13ClFNO2/c1-2-14(7-11(15)16)6-8-5-9(13)3-4-10(8)12/h3-5H,2,6-7H2,1H3,(H,15,16). The lowest BCUT2D eigenvalue weighted by molar-refractivity contribution is -0.138. The number of hydrogen-bond acceptors (Lipinski definition) is 2. The Hall–Kier alpha value is -1.13. The second kappa shape index (κ2) is 5.82. The molecule has 1 aromatic rings. The highest BCUT2D eigenvalue weighted by Gasteiger charge is 2.10. The van der Waals surface area contributed by atoms with Crippen molar-refractivity contribution in [3.8, 4) is 0 Å². The van der Waals surface area contributed by atoms with Crippen LogP contribution in [-0.2, 0) is 11.3 Å². The summed E-state index contributed by atoms with van der Waals surface area (Å²) in [6, 6.07) is 4.08. The summed E-state index contributed by atoms with van der Waals surface area (Å²) in [5.74, 6) is -1.28. The predicted molar refractivity (Wildman–Crippen MR) is 60.0 cm³/mol. The third-order valence-corrected chi connectivity index (χ3v) is 2.58. The number of carboxylic acid groups (broad SMARTS) is 1. The van der Waals surface area contributed by atoms with Crippen LogP contribution in [0.2, 0.25) is 5.02 Å². The molecule has 1 aromatic carbocycles. The van der Waals surface area contributed by atoms with E-state index in [-0.39, 0.29) is 12.4 Å². The highest BCUT2D eigenvalue weighted by molar-refractivity contribution is 6.31. The number of nitrogens with zero attached hydrogens (tertiary/aromatic N) is 1. The smallest absolute Gasteiger partial charge is 0.317 e. The average molecular weight is 246 g/mol. The molecule has 3 nitrogen and oxygen atoms in total. The number of carboxylic acids is 1. The van der Waals surface area contributed by atoms with Gasteiger partial charge in [0, 0.05) is 11.6 Å². The third kappa shape index (κ3) is 3.79. The first-order valence-electron chi connectivity index (χ1n) is 4.91. The van der Waals surface area contributed by atoms with Gasteiger partial charge in [-0.1, -0.05) is 18.5 Å². The first-order chi connectivity index (χ1) is 7.52. The van der Waals surface area contributed by atoms with Gasteiger partial charge in [-0.15, -0.1) is 0 Å². The number of likely N-dealkylation sites (N-methyl/N-ethyl adjacent to an activating group) is 1. The second-order valence-electron chi connectivity index (χ2n) is 3.43. The molecule has 0 saturated heterocycles. The molecule has 0 aromatic heterocycles. The van der Waals surface area contributed by atoms with Crippen LogP contribution in [0.5, 0.6) is 0 Å². The zero-order valence-corrected chi connectivity index (χ0v) is 9.67. The largest absolute Gasteiger partial charge is 0.480 e. The number of carbonyl (C=O) groups is 1. The lowest BCUT2D eigenvalue weighted by Gasteiger charge is -2.18. The molecule has 0 saturated carbocycles. The van der Waals surface area contributed by atoms with Crippen molar-refractivity contribution >= 4 is 17.6 Å². The summed E-state index contributed by atoms with van der Waals surface area (Å²) >= 11 is 5.89. The molecule has 0 atom stereocenters. The molecule has 0 aliphatic rings. The number of hydrogen-bond donors (Lipinski definition) is 1. The highest BCUT2D eigenvalue weighted by Crippen LogP contribution is 2.18. The average Bonchev–Trinajstić information content (AvgIpc) is 2.21. The number of rotatable bonds is 5. The molecule has 0 bridgehead atoms. The van der Waals surface area contributed by atoms with E-state index in [0.29, 0.717) is 23.7 Å². The van der Waals surface area contributed by atoms with Crippen molar-refractivity contribution in [1.29, 1.82) is 0 Å². The van der Waals surface area contributed by atoms with Gasteiger partial charge in [0.2, 0.25) is 0 Å². The van der Waals surface area contributed by atoms with E-state index < -0.39 is 5.97 Å². The maximum Gasteiger partial charge on any atom is 0.317 e. The van der Waals surface area contributed by atoms with Gasteiger partial charge in [0.25, 0.3) is 0 Å². The molecule has 0 fully saturated rings. The Morgan fingerprint density at radius 1 is 1.56 bits per heavy atom. The fourth-order valence-electron chi connectivity index (χ4n) is 1.38. The Balaban J connectivity index is 2.77. The van der Waals surface area contributed by atoms with Gasteiger partial charge < -0.3 is 5.11 Å². The quantitative estimate of drug-likeness (QED) is 0.866. The Morgan fingerprint density at radius 2 is 2.25 bits per heavy atom. The number of aliphatic carboxylic acids is 1. The monoisotopic (exact) mass is 245 g/mol. The molecule has 0 aliphatic heterocycles. The molecular formula is C11H13ClFNO2. The van der Waals surface area contributed by atoms with Crippen LogP contribution in [-0.4, -0.2) is 29.1 Å². The molecule has 1 N–H and O–H groups in total. The van der Waals surface area contributed by atoms with E-state index in [1.54, 1.807) is 4.90 Å². The van der Waals surface area contributed by atoms with Crippen molar-refractivity contribution in [2.24, 2.45) is 0 Å². The fraction of sp³-hybridized carbons (Fsp3) is 0.364. The van der Waals surface area contributed by atoms with Crippen LogP contribution in [0.4, 0.5) is 4.39 Å². The second-order valence-corrected chi connectivity index (χ2v) is 3.84. The van der Waals surface area contributed by atoms with E-state index in [1.165, 1.54) is 18.2 Å². The summed E-state index contributed by atoms with van der Waals surface area (Å²) in [5, 5.41) is 9.12. The highest BCUT2D eigenvalue weighted by atomic mass is 35.5. The first-order valence-corrected chi connectivity index (χ1v) is 5.28. The van der Waals surface area contributed by atoms with E-state index in [1.807, 2.05) is 6.92 Å². The van der Waals surface area contributed by atoms with Gasteiger partial charge in [0.05, 0.1) is 6.54 Å². The van der Waals surface area contributed by atoms with Crippen LogP contribution in [0.3, 0.4) is 0 Å². The first kappa shape index (κ1) is 12.9. The van der Waals surface area contributed by atoms with Crippen LogP contribution in [0, 0.1) is 5.82 Å². The minimum absolute atomic E-state index is 0.0800. The Morgan fingerprint density at radius 3 is 2.81 bits per heavy atom. The summed E-state index contributed by atoms with van der Waals surface area (Å²) in [7, 11) is 0. The van der Waals surface area contributed by atoms with Gasteiger partial charge in [0.1, 0.15) is 5.82 Å². The molecule has 0 aliphatic carbocycles. The van der Waals surface area contributed by atoms with Gasteiger partial charge in [-0.2, -0.15) is 0 Å². The predicted octanol–water partition coefficient (Wildman–Crippen LogP) is 2.39. The number of benzene rings is 1. The summed E-state index contributed by atoms with van der Waals surface area (Å²) in [6.07, 6.45) is 0. The summed E-state index contributed by atoms with van der Waals surface area (Å²) < 4.78 is 13.0. The minimum Gasteiger partial charge on any atom is -0.480 e. The van der Waals surface area contributed by atoms with Crippen molar-refractivity contribution in [2.75, 3.05) is 13.1 Å². The molecule has 88 valence electrons. The normalized spacial score (nSPS) is 10.8. The molecule has 5 heteroatoms. The maximum absolute atomic E-state index is 13.0. The van der Waals surface area contributed by atoms with Crippen LogP contribution in [0.15, 0.2) is 18.2 Å². The summed E-state index contributed by atoms with van der Waals surface area (Å²) in [6.45, 7) is 2.66. The minimum atomic E-state index is -0.908. The molecule has 0 spiro atoms. The Labute approximate surface area is 98.4 Å². The summed E-state index contributed by atoms with van der Waals surface area (Å²) in [4.78, 5) is 12.2. The lowest BCUT2D eigenvalue weighted by Crippen LogP contribution is -2.29. The van der Waals surface area contributed by atoms with Crippen molar-refractivity contribution < 1.29 is 14.3 Å². The lowest BCUT2D eigenvalue weighted by atomic mass is 10.2. The van der Waals surface area contributed by atoms with Crippen LogP contribution in [0.1, 0.15) is 12.5 Å². The van der Waals surface area contributed by atoms with E-state index in [0.717, 1.165) is 0 Å². The van der Waals surface area contributed by atoms with Gasteiger partial charge in [-0.25, -0.2) is 4.39 Å². The van der Waals surface area contributed by atoms with Crippen molar-refractivity contribution in [1.82, 2.24) is 4.90 Å². The van der Waals surface area contributed by atoms with Crippen molar-refractivity contribution in [3.05, 3.63) is 34.6 Å². The van der Waals surface area contributed by atoms with Crippen LogP contribution < -0.4 is 0 Å². The molecule has 1 rings (SSSR count). The number of halogens is 2. The maximum atomic E-state index is 13.0. The zero-order valence-electron chi connectivity index (χ0n) is 8.91. The van der Waals surface area contributed by atoms with Gasteiger partial charge in [0.15, 0.2) is 0 Å². The van der Waals surface area contributed by atoms with Crippen LogP contribution in [0.25, 0.3) is 0 Å². The van der Waals surface area contributed by atoms with E-state index in [2.05, 4.69) is 0 Å². The molecule has 0 radical (unpaired) electrons. The van der Waals surface area contributed by atoms with Crippen molar-refractivity contribution in [3.63, 3.8) is 0 Å². The van der Waals surface area contributed by atoms with Gasteiger partial charge in [-0.3, -0.25) is 9.69 Å². The Kier molecular flexibility index (Phi) is 4.71. The zero-order chi connectivity index (χ0) is 12.1.